The Balaban J connectivity index is 1.64. The van der Waals surface area contributed by atoms with Crippen LogP contribution in [-0.4, -0.2) is 24.0 Å². The molecule has 0 bridgehead atoms. The Morgan fingerprint density at radius 2 is 1.87 bits per heavy atom. The number of nitrogens with one attached hydrogen (secondary N) is 1. The van der Waals surface area contributed by atoms with E-state index in [2.05, 4.69) is 31.1 Å². The predicted molar refractivity (Wildman–Crippen MR) is 96.9 cm³/mol. The molecule has 1 aliphatic rings. The first-order valence-electron chi connectivity index (χ1n) is 7.89. The molecule has 0 aliphatic carbocycles. The highest BCUT2D eigenvalue weighted by Gasteiger charge is 2.15. The highest BCUT2D eigenvalue weighted by atomic mass is 79.9. The number of amides is 1. The highest BCUT2D eigenvalue weighted by Crippen LogP contribution is 2.22. The maximum atomic E-state index is 12.2. The van der Waals surface area contributed by atoms with Gasteiger partial charge in [-0.3, -0.25) is 4.79 Å². The fourth-order valence-electron chi connectivity index (χ4n) is 2.78. The zero-order chi connectivity index (χ0) is 16.2. The number of aryl methyl sites for hydroxylation is 1. The molecule has 1 N–H and O–H groups in total. The summed E-state index contributed by atoms with van der Waals surface area (Å²) in [7, 11) is 0. The number of hydrogen-bond donors (Lipinski definition) is 1. The molecular weight excluding hydrogens is 354 g/mol. The Morgan fingerprint density at radius 3 is 2.52 bits per heavy atom. The van der Waals surface area contributed by atoms with Gasteiger partial charge in [-0.25, -0.2) is 4.98 Å². The number of carbonyl (C=O) groups is 1. The quantitative estimate of drug-likeness (QED) is 0.882. The van der Waals surface area contributed by atoms with E-state index >= 15 is 0 Å². The molecule has 5 heteroatoms. The Labute approximate surface area is 145 Å². The number of nitrogens with zero attached hydrogens (tertiary/aromatic N) is 2. The topological polar surface area (TPSA) is 45.2 Å². The van der Waals surface area contributed by atoms with E-state index in [1.807, 2.05) is 43.3 Å². The van der Waals surface area contributed by atoms with Crippen LogP contribution in [0.5, 0.6) is 0 Å². The minimum Gasteiger partial charge on any atom is -0.357 e. The molecule has 0 unspecified atom stereocenters. The first-order chi connectivity index (χ1) is 11.1. The first-order valence-corrected chi connectivity index (χ1v) is 8.68. The van der Waals surface area contributed by atoms with Gasteiger partial charge in [0.1, 0.15) is 5.82 Å². The van der Waals surface area contributed by atoms with Crippen molar-refractivity contribution < 1.29 is 4.79 Å². The van der Waals surface area contributed by atoms with Crippen LogP contribution in [0.1, 0.15) is 24.1 Å². The van der Waals surface area contributed by atoms with E-state index in [0.29, 0.717) is 6.42 Å². The molecule has 1 fully saturated rings. The molecule has 4 nitrogen and oxygen atoms in total. The smallest absolute Gasteiger partial charge is 0.228 e. The Hall–Kier alpha value is -1.88. The second-order valence-corrected chi connectivity index (χ2v) is 6.76. The van der Waals surface area contributed by atoms with Crippen molar-refractivity contribution in [3.63, 3.8) is 0 Å². The summed E-state index contributed by atoms with van der Waals surface area (Å²) in [6.07, 6.45) is 2.82. The first kappa shape index (κ1) is 16.0. The van der Waals surface area contributed by atoms with E-state index < -0.39 is 0 Å². The van der Waals surface area contributed by atoms with Crippen LogP contribution in [0, 0.1) is 6.92 Å². The lowest BCUT2D eigenvalue weighted by molar-refractivity contribution is -0.115. The van der Waals surface area contributed by atoms with Crippen LogP contribution in [0.4, 0.5) is 11.5 Å². The number of rotatable bonds is 4. The van der Waals surface area contributed by atoms with Crippen molar-refractivity contribution in [2.75, 3.05) is 23.3 Å². The van der Waals surface area contributed by atoms with Crippen molar-refractivity contribution in [2.24, 2.45) is 0 Å². The third-order valence-corrected chi connectivity index (χ3v) is 4.58. The van der Waals surface area contributed by atoms with Crippen molar-refractivity contribution in [3.8, 4) is 0 Å². The molecule has 1 saturated heterocycles. The molecule has 23 heavy (non-hydrogen) atoms. The largest absolute Gasteiger partial charge is 0.357 e. The number of pyridine rings is 1. The number of benzene rings is 1. The van der Waals surface area contributed by atoms with Gasteiger partial charge in [-0.15, -0.1) is 0 Å². The van der Waals surface area contributed by atoms with Crippen LogP contribution >= 0.6 is 15.9 Å². The fourth-order valence-corrected chi connectivity index (χ4v) is 3.05. The van der Waals surface area contributed by atoms with Crippen molar-refractivity contribution in [2.45, 2.75) is 26.2 Å². The summed E-state index contributed by atoms with van der Waals surface area (Å²) >= 11 is 3.40. The van der Waals surface area contributed by atoms with Crippen molar-refractivity contribution >= 4 is 33.3 Å². The minimum absolute atomic E-state index is 0.0221. The summed E-state index contributed by atoms with van der Waals surface area (Å²) in [5, 5.41) is 2.96. The molecule has 0 atom stereocenters. The van der Waals surface area contributed by atoms with Gasteiger partial charge in [-0.2, -0.15) is 0 Å². The van der Waals surface area contributed by atoms with E-state index in [0.717, 1.165) is 40.3 Å². The summed E-state index contributed by atoms with van der Waals surface area (Å²) in [6, 6.07) is 11.7. The molecule has 1 aliphatic heterocycles. The third-order valence-electron chi connectivity index (χ3n) is 4.05. The van der Waals surface area contributed by atoms with Crippen LogP contribution in [0.15, 0.2) is 40.9 Å². The molecule has 1 aromatic heterocycles. The average Bonchev–Trinajstić information content (AvgIpc) is 3.06. The van der Waals surface area contributed by atoms with Crippen LogP contribution in [-0.2, 0) is 11.2 Å². The van der Waals surface area contributed by atoms with Crippen LogP contribution in [0.2, 0.25) is 0 Å². The van der Waals surface area contributed by atoms with E-state index in [4.69, 9.17) is 0 Å². The maximum Gasteiger partial charge on any atom is 0.228 e. The van der Waals surface area contributed by atoms with Gasteiger partial charge in [-0.05, 0) is 49.6 Å². The normalized spacial score (nSPS) is 14.1. The summed E-state index contributed by atoms with van der Waals surface area (Å²) < 4.78 is 1.01. The number of anilines is 2. The van der Waals surface area contributed by atoms with E-state index in [9.17, 15) is 4.79 Å². The summed E-state index contributed by atoms with van der Waals surface area (Å²) in [5.74, 6) is 0.983. The summed E-state index contributed by atoms with van der Waals surface area (Å²) in [6.45, 7) is 4.08. The molecule has 0 spiro atoms. The Kier molecular flexibility index (Phi) is 4.96. The SMILES string of the molecule is Cc1nc(N2CCCC2)ccc1NC(=O)Cc1ccc(Br)cc1. The Bertz CT molecular complexity index is 694. The maximum absolute atomic E-state index is 12.2. The van der Waals surface area contributed by atoms with E-state index in [1.54, 1.807) is 0 Å². The van der Waals surface area contributed by atoms with Gasteiger partial charge in [0.25, 0.3) is 0 Å². The van der Waals surface area contributed by atoms with Crippen LogP contribution < -0.4 is 10.2 Å². The zero-order valence-corrected chi connectivity index (χ0v) is 14.8. The summed E-state index contributed by atoms with van der Waals surface area (Å²) in [4.78, 5) is 19.1. The van der Waals surface area contributed by atoms with Gasteiger partial charge >= 0.3 is 0 Å². The van der Waals surface area contributed by atoms with Crippen LogP contribution in [0.25, 0.3) is 0 Å². The van der Waals surface area contributed by atoms with Crippen molar-refractivity contribution in [1.82, 2.24) is 4.98 Å². The second-order valence-electron chi connectivity index (χ2n) is 5.85. The van der Waals surface area contributed by atoms with Gasteiger partial charge in [0.15, 0.2) is 0 Å². The molecule has 2 heterocycles. The lowest BCUT2D eigenvalue weighted by Crippen LogP contribution is -2.20. The Morgan fingerprint density at radius 1 is 1.17 bits per heavy atom. The zero-order valence-electron chi connectivity index (χ0n) is 13.2. The monoisotopic (exact) mass is 373 g/mol. The van der Waals surface area contributed by atoms with Gasteiger partial charge in [0.2, 0.25) is 5.91 Å². The second kappa shape index (κ2) is 7.13. The molecule has 3 rings (SSSR count). The van der Waals surface area contributed by atoms with Gasteiger partial charge < -0.3 is 10.2 Å². The number of halogens is 1. The molecule has 2 aromatic rings. The van der Waals surface area contributed by atoms with Gasteiger partial charge in [0, 0.05) is 17.6 Å². The average molecular weight is 374 g/mol. The lowest BCUT2D eigenvalue weighted by Gasteiger charge is -2.18. The molecule has 0 saturated carbocycles. The van der Waals surface area contributed by atoms with E-state index in [1.165, 1.54) is 12.8 Å². The van der Waals surface area contributed by atoms with Gasteiger partial charge in [-0.1, -0.05) is 28.1 Å². The van der Waals surface area contributed by atoms with Gasteiger partial charge in [0.05, 0.1) is 17.8 Å². The standard InChI is InChI=1S/C18H20BrN3O/c1-13-16(8-9-17(20-13)22-10-2-3-11-22)21-18(23)12-14-4-6-15(19)7-5-14/h4-9H,2-3,10-12H2,1H3,(H,21,23). The lowest BCUT2D eigenvalue weighted by atomic mass is 10.1. The molecule has 1 aromatic carbocycles. The number of hydrogen-bond acceptors (Lipinski definition) is 3. The molecule has 1 amide bonds. The highest BCUT2D eigenvalue weighted by molar-refractivity contribution is 9.10. The van der Waals surface area contributed by atoms with Crippen molar-refractivity contribution in [3.05, 3.63) is 52.1 Å². The minimum atomic E-state index is -0.0221. The van der Waals surface area contributed by atoms with E-state index in [-0.39, 0.29) is 5.91 Å². The molecule has 120 valence electrons. The van der Waals surface area contributed by atoms with Crippen LogP contribution in [0.3, 0.4) is 0 Å². The number of carbonyl (C=O) groups excluding carboxylic acids is 1. The summed E-state index contributed by atoms with van der Waals surface area (Å²) in [5.41, 5.74) is 2.64. The number of aromatic nitrogens is 1. The molecule has 0 radical (unpaired) electrons. The fraction of sp³-hybridized carbons (Fsp3) is 0.333. The van der Waals surface area contributed by atoms with Crippen molar-refractivity contribution in [1.29, 1.82) is 0 Å². The predicted octanol–water partition coefficient (Wildman–Crippen LogP) is 3.93. The third kappa shape index (κ3) is 4.10. The molecular formula is C18H20BrN3O.